The van der Waals surface area contributed by atoms with Gasteiger partial charge in [-0.3, -0.25) is 10.0 Å². The van der Waals surface area contributed by atoms with Gasteiger partial charge in [0, 0.05) is 6.42 Å². The number of nitrogens with two attached hydrogens (primary N) is 1. The van der Waals surface area contributed by atoms with Gasteiger partial charge in [0.2, 0.25) is 11.9 Å². The first-order valence-corrected chi connectivity index (χ1v) is 10.8. The predicted octanol–water partition coefficient (Wildman–Crippen LogP) is 3.55. The van der Waals surface area contributed by atoms with Crippen molar-refractivity contribution in [2.75, 3.05) is 12.3 Å². The monoisotopic (exact) mass is 450 g/mol. The lowest BCUT2D eigenvalue weighted by Crippen LogP contribution is -2.17. The summed E-state index contributed by atoms with van der Waals surface area (Å²) in [6.45, 7) is 1.15. The highest BCUT2D eigenvalue weighted by Crippen LogP contribution is 2.26. The Kier molecular flexibility index (Phi) is 7.16. The highest BCUT2D eigenvalue weighted by atomic mass is 16.5. The molecule has 0 fully saturated rings. The number of fused-ring (bicyclic) bond motifs is 1. The molecule has 33 heavy (non-hydrogen) atoms. The lowest BCUT2D eigenvalue weighted by atomic mass is 10.1. The minimum absolute atomic E-state index is 0.157. The molecular weight excluding hydrogens is 424 g/mol. The second-order valence-electron chi connectivity index (χ2n) is 7.65. The van der Waals surface area contributed by atoms with E-state index >= 15 is 0 Å². The molecule has 4 rings (SSSR count). The molecule has 10 heteroatoms. The van der Waals surface area contributed by atoms with Crippen LogP contribution in [-0.2, 0) is 11.3 Å². The Bertz CT molecular complexity index is 1210. The molecular formula is C23H26N6O4. The molecule has 10 nitrogen and oxygen atoms in total. The molecule has 0 atom stereocenters. The number of benzene rings is 1. The normalized spacial score (nSPS) is 11.1. The second kappa shape index (κ2) is 10.6. The number of furan rings is 1. The summed E-state index contributed by atoms with van der Waals surface area (Å²) in [5.74, 6) is 1.19. The van der Waals surface area contributed by atoms with Crippen molar-refractivity contribution in [1.82, 2.24) is 25.0 Å². The number of hydroxylamine groups is 1. The number of ether oxygens (including phenoxy) is 1. The number of carbonyl (C=O) groups excluding carboxylic acids is 1. The molecule has 0 aliphatic rings. The maximum absolute atomic E-state index is 11.0. The summed E-state index contributed by atoms with van der Waals surface area (Å²) in [7, 11) is 0. The number of hydrogen-bond acceptors (Lipinski definition) is 8. The molecule has 0 saturated heterocycles. The van der Waals surface area contributed by atoms with Gasteiger partial charge in [0.15, 0.2) is 11.4 Å². The molecule has 0 aliphatic carbocycles. The van der Waals surface area contributed by atoms with Crippen LogP contribution in [0.1, 0.15) is 37.7 Å². The molecule has 1 aromatic carbocycles. The molecule has 0 spiro atoms. The number of anilines is 1. The molecule has 4 aromatic rings. The first kappa shape index (κ1) is 22.3. The molecule has 0 saturated carbocycles. The maximum atomic E-state index is 11.0. The highest BCUT2D eigenvalue weighted by Gasteiger charge is 2.16. The quantitative estimate of drug-likeness (QED) is 0.179. The van der Waals surface area contributed by atoms with Crippen LogP contribution in [0.15, 0.2) is 53.4 Å². The lowest BCUT2D eigenvalue weighted by molar-refractivity contribution is -0.129. The minimum Gasteiger partial charge on any atom is -0.494 e. The van der Waals surface area contributed by atoms with Crippen LogP contribution >= 0.6 is 0 Å². The van der Waals surface area contributed by atoms with Crippen LogP contribution in [0.25, 0.3) is 22.6 Å². The van der Waals surface area contributed by atoms with Gasteiger partial charge in [0.1, 0.15) is 17.0 Å². The van der Waals surface area contributed by atoms with E-state index in [9.17, 15) is 4.79 Å². The van der Waals surface area contributed by atoms with E-state index < -0.39 is 0 Å². The Balaban J connectivity index is 1.36. The van der Waals surface area contributed by atoms with E-state index in [1.165, 1.54) is 0 Å². The van der Waals surface area contributed by atoms with E-state index in [1.54, 1.807) is 24.1 Å². The number of carbonyl (C=O) groups is 1. The third-order valence-corrected chi connectivity index (χ3v) is 5.18. The first-order valence-electron chi connectivity index (χ1n) is 10.8. The number of nitrogens with one attached hydrogen (secondary N) is 1. The smallest absolute Gasteiger partial charge is 0.243 e. The van der Waals surface area contributed by atoms with Crippen molar-refractivity contribution in [3.05, 3.63) is 54.6 Å². The number of amides is 1. The fourth-order valence-electron chi connectivity index (χ4n) is 3.58. The SMILES string of the molecule is Nc1nc(-c2ccco2)c2ncn(Cc3cccc(OCCCCCCC(=O)NO)c3)c2n1. The van der Waals surface area contributed by atoms with Gasteiger partial charge in [-0.05, 0) is 42.7 Å². The van der Waals surface area contributed by atoms with Crippen molar-refractivity contribution in [1.29, 1.82) is 0 Å². The predicted molar refractivity (Wildman–Crippen MR) is 121 cm³/mol. The van der Waals surface area contributed by atoms with Gasteiger partial charge in [-0.1, -0.05) is 25.0 Å². The summed E-state index contributed by atoms with van der Waals surface area (Å²) in [5.41, 5.74) is 10.5. The van der Waals surface area contributed by atoms with E-state index in [4.69, 9.17) is 20.1 Å². The van der Waals surface area contributed by atoms with Crippen LogP contribution in [0.3, 0.4) is 0 Å². The van der Waals surface area contributed by atoms with Crippen molar-refractivity contribution in [3.8, 4) is 17.2 Å². The minimum atomic E-state index is -0.347. The molecule has 172 valence electrons. The summed E-state index contributed by atoms with van der Waals surface area (Å²) in [6.07, 6.45) is 7.14. The molecule has 0 aliphatic heterocycles. The van der Waals surface area contributed by atoms with Gasteiger partial charge in [-0.2, -0.15) is 4.98 Å². The van der Waals surface area contributed by atoms with E-state index in [2.05, 4.69) is 15.0 Å². The molecule has 1 amide bonds. The maximum Gasteiger partial charge on any atom is 0.243 e. The average Bonchev–Trinajstić information content (AvgIpc) is 3.49. The average molecular weight is 450 g/mol. The largest absolute Gasteiger partial charge is 0.494 e. The van der Waals surface area contributed by atoms with Crippen molar-refractivity contribution in [2.45, 2.75) is 38.6 Å². The van der Waals surface area contributed by atoms with E-state index in [0.717, 1.165) is 37.0 Å². The van der Waals surface area contributed by atoms with E-state index in [1.807, 2.05) is 34.9 Å². The van der Waals surface area contributed by atoms with Crippen LogP contribution in [0.2, 0.25) is 0 Å². The van der Waals surface area contributed by atoms with Gasteiger partial charge in [-0.25, -0.2) is 15.4 Å². The van der Waals surface area contributed by atoms with Gasteiger partial charge < -0.3 is 19.5 Å². The number of aromatic nitrogens is 4. The van der Waals surface area contributed by atoms with Crippen LogP contribution in [0, 0.1) is 0 Å². The number of unbranched alkanes of at least 4 members (excludes halogenated alkanes) is 3. The molecule has 0 radical (unpaired) electrons. The molecule has 4 N–H and O–H groups in total. The van der Waals surface area contributed by atoms with Crippen molar-refractivity contribution < 1.29 is 19.2 Å². The fourth-order valence-corrected chi connectivity index (χ4v) is 3.58. The summed E-state index contributed by atoms with van der Waals surface area (Å²) < 4.78 is 13.3. The summed E-state index contributed by atoms with van der Waals surface area (Å²) >= 11 is 0. The lowest BCUT2D eigenvalue weighted by Gasteiger charge is -2.09. The van der Waals surface area contributed by atoms with Crippen molar-refractivity contribution in [2.24, 2.45) is 0 Å². The van der Waals surface area contributed by atoms with E-state index in [0.29, 0.717) is 42.2 Å². The van der Waals surface area contributed by atoms with Gasteiger partial charge >= 0.3 is 0 Å². The molecule has 3 aromatic heterocycles. The highest BCUT2D eigenvalue weighted by molar-refractivity contribution is 5.86. The standard InChI is InChI=1S/C23H26N6O4/c24-23-26-20(18-9-6-12-33-18)21-22(27-23)29(15-25-21)14-16-7-5-8-17(13-16)32-11-4-2-1-3-10-19(30)28-31/h5-9,12-13,15,31H,1-4,10-11,14H2,(H,28,30)(H2,24,26,27). The van der Waals surface area contributed by atoms with Crippen LogP contribution in [0.5, 0.6) is 5.75 Å². The summed E-state index contributed by atoms with van der Waals surface area (Å²) in [5, 5.41) is 8.48. The fraction of sp³-hybridized carbons (Fsp3) is 0.304. The van der Waals surface area contributed by atoms with Crippen LogP contribution < -0.4 is 16.0 Å². The second-order valence-corrected chi connectivity index (χ2v) is 7.65. The number of nitrogen functional groups attached to an aromatic ring is 1. The van der Waals surface area contributed by atoms with E-state index in [-0.39, 0.29) is 11.9 Å². The van der Waals surface area contributed by atoms with Crippen LogP contribution in [-0.4, -0.2) is 37.2 Å². The summed E-state index contributed by atoms with van der Waals surface area (Å²) in [4.78, 5) is 24.1. The Morgan fingerprint density at radius 3 is 2.85 bits per heavy atom. The zero-order chi connectivity index (χ0) is 23.0. The van der Waals surface area contributed by atoms with Gasteiger partial charge in [-0.15, -0.1) is 0 Å². The Morgan fingerprint density at radius 1 is 1.15 bits per heavy atom. The molecule has 3 heterocycles. The number of nitrogens with zero attached hydrogens (tertiary/aromatic N) is 4. The number of hydrogen-bond donors (Lipinski definition) is 3. The third-order valence-electron chi connectivity index (χ3n) is 5.18. The Morgan fingerprint density at radius 2 is 2.03 bits per heavy atom. The van der Waals surface area contributed by atoms with Crippen molar-refractivity contribution >= 4 is 23.0 Å². The third kappa shape index (κ3) is 5.66. The zero-order valence-corrected chi connectivity index (χ0v) is 18.1. The molecule has 0 unspecified atom stereocenters. The summed E-state index contributed by atoms with van der Waals surface area (Å²) in [6, 6.07) is 11.5. The zero-order valence-electron chi connectivity index (χ0n) is 18.1. The Labute approximate surface area is 190 Å². The Hall–Kier alpha value is -3.92. The molecule has 0 bridgehead atoms. The number of rotatable bonds is 11. The van der Waals surface area contributed by atoms with Crippen molar-refractivity contribution in [3.63, 3.8) is 0 Å². The number of imidazole rings is 1. The van der Waals surface area contributed by atoms with Gasteiger partial charge in [0.25, 0.3) is 0 Å². The van der Waals surface area contributed by atoms with Gasteiger partial charge in [0.05, 0.1) is 25.7 Å². The first-order chi connectivity index (χ1) is 16.1. The van der Waals surface area contributed by atoms with Crippen LogP contribution in [0.4, 0.5) is 5.95 Å². The topological polar surface area (TPSA) is 141 Å².